The van der Waals surface area contributed by atoms with Gasteiger partial charge >= 0.3 is 14.4 Å². The van der Waals surface area contributed by atoms with Gasteiger partial charge in [0, 0.05) is 10.9 Å². The third-order valence-electron chi connectivity index (χ3n) is 7.97. The van der Waals surface area contributed by atoms with Crippen molar-refractivity contribution in [3.8, 4) is 0 Å². The lowest BCUT2D eigenvalue weighted by atomic mass is 9.76. The second-order valence-electron chi connectivity index (χ2n) is 15.0. The van der Waals surface area contributed by atoms with Crippen LogP contribution in [0, 0.1) is 0 Å². The molecular weight excluding hydrogens is 550 g/mol. The fourth-order valence-electron chi connectivity index (χ4n) is 3.83. The van der Waals surface area contributed by atoms with Crippen LogP contribution in [0.25, 0.3) is 0 Å². The van der Waals surface area contributed by atoms with Crippen LogP contribution in [-0.2, 0) is 34.1 Å². The van der Waals surface area contributed by atoms with E-state index in [1.165, 1.54) is 15.9 Å². The van der Waals surface area contributed by atoms with Crippen LogP contribution in [0.5, 0.6) is 0 Å². The summed E-state index contributed by atoms with van der Waals surface area (Å²) in [6.07, 6.45) is 0.120. The zero-order valence-corrected chi connectivity index (χ0v) is 29.6. The van der Waals surface area contributed by atoms with Crippen molar-refractivity contribution in [2.24, 2.45) is 0 Å². The molecule has 9 heteroatoms. The second kappa shape index (κ2) is 13.5. The maximum Gasteiger partial charge on any atom is 0.640 e. The first-order valence-corrected chi connectivity index (χ1v) is 16.2. The van der Waals surface area contributed by atoms with Crippen LogP contribution in [0.3, 0.4) is 0 Å². The Bertz CT molecular complexity index is 1030. The molecule has 0 N–H and O–H groups in total. The Balaban J connectivity index is 0.000000322. The number of hydrogen-bond donors (Lipinski definition) is 0. The quantitative estimate of drug-likeness (QED) is 0.326. The molecule has 0 amide bonds. The molecule has 41 heavy (non-hydrogen) atoms. The Morgan fingerprint density at radius 3 is 1.51 bits per heavy atom. The van der Waals surface area contributed by atoms with Gasteiger partial charge in [-0.15, -0.1) is 0 Å². The van der Waals surface area contributed by atoms with Gasteiger partial charge < -0.3 is 23.3 Å². The molecule has 0 aromatic carbocycles. The molecule has 0 saturated carbocycles. The summed E-state index contributed by atoms with van der Waals surface area (Å²) in [5.74, 6) is 0. The second-order valence-corrected chi connectivity index (χ2v) is 16.8. The first kappa shape index (κ1) is 38.4. The minimum atomic E-state index is -0.523. The van der Waals surface area contributed by atoms with Crippen LogP contribution in [0.2, 0.25) is 0 Å². The molecule has 0 unspecified atom stereocenters. The van der Waals surface area contributed by atoms with Crippen LogP contribution in [0.15, 0.2) is 28.3 Å². The Morgan fingerprint density at radius 2 is 1.17 bits per heavy atom. The Kier molecular flexibility index (Phi) is 12.7. The number of thiophene rings is 2. The van der Waals surface area contributed by atoms with Crippen molar-refractivity contribution >= 4 is 41.9 Å². The van der Waals surface area contributed by atoms with Crippen molar-refractivity contribution in [3.63, 3.8) is 0 Å². The Morgan fingerprint density at radius 1 is 0.707 bits per heavy atom. The molecule has 4 rings (SSSR count). The predicted octanol–water partition coefficient (Wildman–Crippen LogP) is 9.03. The molecule has 2 aliphatic rings. The summed E-state index contributed by atoms with van der Waals surface area (Å²) >= 11 is 3.49. The molecule has 2 aliphatic heterocycles. The van der Waals surface area contributed by atoms with E-state index in [4.69, 9.17) is 23.3 Å². The van der Waals surface area contributed by atoms with Crippen molar-refractivity contribution < 1.29 is 23.3 Å². The molecule has 2 fully saturated rings. The van der Waals surface area contributed by atoms with Gasteiger partial charge in [0.15, 0.2) is 0 Å². The van der Waals surface area contributed by atoms with Crippen LogP contribution in [0.1, 0.15) is 129 Å². The fourth-order valence-corrected chi connectivity index (χ4v) is 5.77. The molecule has 2 aromatic heterocycles. The van der Waals surface area contributed by atoms with E-state index in [-0.39, 0.29) is 48.5 Å². The van der Waals surface area contributed by atoms with Gasteiger partial charge in [0.1, 0.15) is 0 Å². The zero-order valence-electron chi connectivity index (χ0n) is 28.0. The van der Waals surface area contributed by atoms with Gasteiger partial charge in [0.25, 0.3) is 0 Å². The first-order valence-electron chi connectivity index (χ1n) is 14.4. The average molecular weight is 609 g/mol. The van der Waals surface area contributed by atoms with E-state index in [1.807, 2.05) is 41.5 Å². The largest absolute Gasteiger partial charge is 0.640 e. The molecule has 2 aromatic rings. The highest BCUT2D eigenvalue weighted by Crippen LogP contribution is 2.38. The van der Waals surface area contributed by atoms with E-state index in [0.717, 1.165) is 0 Å². The predicted molar refractivity (Wildman–Crippen MR) is 181 cm³/mol. The van der Waals surface area contributed by atoms with E-state index in [0.29, 0.717) is 5.41 Å². The lowest BCUT2D eigenvalue weighted by molar-refractivity contribution is 0.00578. The van der Waals surface area contributed by atoms with E-state index < -0.39 is 7.32 Å². The number of rotatable bonds is 3. The van der Waals surface area contributed by atoms with Gasteiger partial charge in [-0.1, -0.05) is 49.0 Å². The van der Waals surface area contributed by atoms with E-state index in [9.17, 15) is 0 Å². The third kappa shape index (κ3) is 9.92. The smallest absolute Gasteiger partial charge is 0.399 e. The molecule has 2 saturated heterocycles. The van der Waals surface area contributed by atoms with Crippen molar-refractivity contribution in [1.29, 1.82) is 0 Å². The maximum absolute atomic E-state index is 6.13. The Hall–Kier alpha value is -0.670. The van der Waals surface area contributed by atoms with Gasteiger partial charge in [-0.05, 0) is 119 Å². The summed E-state index contributed by atoms with van der Waals surface area (Å²) in [6, 6.07) is 4.37. The van der Waals surface area contributed by atoms with Gasteiger partial charge in [-0.25, -0.2) is 0 Å². The summed E-state index contributed by atoms with van der Waals surface area (Å²) in [7, 11) is -0.755. The summed E-state index contributed by atoms with van der Waals surface area (Å²) in [5.41, 5.74) is 2.09. The molecule has 0 aliphatic carbocycles. The summed E-state index contributed by atoms with van der Waals surface area (Å²) < 4.78 is 30.2. The molecule has 5 nitrogen and oxygen atoms in total. The zero-order chi connectivity index (χ0) is 30.9. The van der Waals surface area contributed by atoms with Crippen LogP contribution in [-0.4, -0.2) is 42.9 Å². The maximum atomic E-state index is 6.13. The molecule has 0 spiro atoms. The molecule has 0 atom stereocenters. The lowest BCUT2D eigenvalue weighted by Gasteiger charge is -2.32. The highest BCUT2D eigenvalue weighted by molar-refractivity contribution is 7.21. The van der Waals surface area contributed by atoms with Crippen molar-refractivity contribution in [2.75, 3.05) is 0 Å². The van der Waals surface area contributed by atoms with Gasteiger partial charge in [0.2, 0.25) is 0 Å². The topological polar surface area (TPSA) is 46.2 Å². The van der Waals surface area contributed by atoms with E-state index >= 15 is 0 Å². The summed E-state index contributed by atoms with van der Waals surface area (Å²) in [4.78, 5) is 0. The highest BCUT2D eigenvalue weighted by atomic mass is 32.1. The van der Waals surface area contributed by atoms with Crippen molar-refractivity contribution in [2.45, 2.75) is 158 Å². The molecule has 0 bridgehead atoms. The van der Waals surface area contributed by atoms with Crippen molar-refractivity contribution in [1.82, 2.24) is 0 Å². The summed E-state index contributed by atoms with van der Waals surface area (Å²) in [5, 5.41) is 6.46. The third-order valence-corrected chi connectivity index (χ3v) is 9.59. The van der Waals surface area contributed by atoms with Gasteiger partial charge in [0.05, 0.1) is 22.4 Å². The summed E-state index contributed by atoms with van der Waals surface area (Å²) in [6.45, 7) is 33.7. The lowest BCUT2D eigenvalue weighted by Crippen LogP contribution is -2.41. The molecule has 0 radical (unpaired) electrons. The standard InChI is InChI=1S/C14H23BO2S.C9H19BO3.C8H12S.CH4/c1-12(2,3)10-8-9-18-11(10)15-16-13(4,5)14(6,7)17-15;1-7(2)11-10-12-8(3,4)9(5,6)13-10;1-8(2,3)7-4-5-9-6-7;/h8-9H,1-7H3;7H,1-6H3;4-6H,1-3H3;1H4. The van der Waals surface area contributed by atoms with Crippen molar-refractivity contribution in [3.05, 3.63) is 39.4 Å². The first-order chi connectivity index (χ1) is 17.9. The number of hydrogen-bond acceptors (Lipinski definition) is 7. The van der Waals surface area contributed by atoms with E-state index in [2.05, 4.69) is 97.5 Å². The average Bonchev–Trinajstić information content (AvgIpc) is 3.49. The monoisotopic (exact) mass is 608 g/mol. The van der Waals surface area contributed by atoms with Crippen LogP contribution < -0.4 is 4.78 Å². The van der Waals surface area contributed by atoms with E-state index in [1.54, 1.807) is 22.7 Å². The normalized spacial score (nSPS) is 20.6. The van der Waals surface area contributed by atoms with Crippen LogP contribution >= 0.6 is 22.7 Å². The van der Waals surface area contributed by atoms with Gasteiger partial charge in [-0.2, -0.15) is 22.7 Å². The minimum Gasteiger partial charge on any atom is -0.399 e. The van der Waals surface area contributed by atoms with Crippen LogP contribution in [0.4, 0.5) is 0 Å². The fraction of sp³-hybridized carbons (Fsp3) is 0.750. The minimum absolute atomic E-state index is 0. The highest BCUT2D eigenvalue weighted by Gasteiger charge is 2.54. The SMILES string of the molecule is C.CC(C)(C)c1ccsc1.CC(C)(C)c1ccsc1B1OC(C)(C)C(C)(C)O1.CC(C)OB1OC(C)(C)C(C)(C)O1. The van der Waals surface area contributed by atoms with Gasteiger partial charge in [-0.3, -0.25) is 0 Å². The molecular formula is C32H58B2O5S2. The molecule has 4 heterocycles. The molecule has 234 valence electrons. The Labute approximate surface area is 261 Å².